The fourth-order valence-electron chi connectivity index (χ4n) is 1.46. The molecule has 0 saturated carbocycles. The fourth-order valence-corrected chi connectivity index (χ4v) is 3.37. The van der Waals surface area contributed by atoms with Gasteiger partial charge in [0.25, 0.3) is 0 Å². The fraction of sp³-hybridized carbons (Fsp3) is 0.727. The van der Waals surface area contributed by atoms with Crippen molar-refractivity contribution in [2.75, 3.05) is 12.4 Å². The zero-order chi connectivity index (χ0) is 14.0. The van der Waals surface area contributed by atoms with Gasteiger partial charge < -0.3 is 4.74 Å². The molecule has 7 heteroatoms. The van der Waals surface area contributed by atoms with Gasteiger partial charge in [-0.1, -0.05) is 13.8 Å². The number of halogens is 1. The number of aromatic nitrogens is 2. The summed E-state index contributed by atoms with van der Waals surface area (Å²) in [4.78, 5) is 0. The van der Waals surface area contributed by atoms with Crippen LogP contribution in [0.1, 0.15) is 33.7 Å². The van der Waals surface area contributed by atoms with E-state index in [9.17, 15) is 8.42 Å². The quantitative estimate of drug-likeness (QED) is 0.756. The molecule has 1 rings (SSSR count). The van der Waals surface area contributed by atoms with Crippen molar-refractivity contribution in [3.05, 3.63) is 12.4 Å². The third-order valence-corrected chi connectivity index (χ3v) is 3.75. The van der Waals surface area contributed by atoms with Crippen molar-refractivity contribution in [3.63, 3.8) is 0 Å². The second-order valence-electron chi connectivity index (χ2n) is 5.39. The molecule has 0 aliphatic carbocycles. The van der Waals surface area contributed by atoms with Crippen LogP contribution in [0, 0.1) is 5.41 Å². The first-order valence-electron chi connectivity index (χ1n) is 5.68. The standard InChI is InChI=1S/C11H19ClN2O3S/c1-9(2)14-6-10(5-13-14)17-7-11(3,4)8-18(12,15)16/h5-6,9H,7-8H2,1-4H3. The van der Waals surface area contributed by atoms with Crippen molar-refractivity contribution >= 4 is 19.7 Å². The lowest BCUT2D eigenvalue weighted by Crippen LogP contribution is -2.28. The molecule has 0 unspecified atom stereocenters. The molecule has 0 amide bonds. The largest absolute Gasteiger partial charge is 0.490 e. The first kappa shape index (κ1) is 15.3. The van der Waals surface area contributed by atoms with Crippen LogP contribution in [0.5, 0.6) is 5.75 Å². The smallest absolute Gasteiger partial charge is 0.233 e. The molecule has 1 heterocycles. The molecule has 0 aliphatic heterocycles. The number of nitrogens with zero attached hydrogens (tertiary/aromatic N) is 2. The Kier molecular flexibility index (Phi) is 4.66. The summed E-state index contributed by atoms with van der Waals surface area (Å²) in [5.41, 5.74) is -0.541. The summed E-state index contributed by atoms with van der Waals surface area (Å²) in [6, 6.07) is 0.263. The lowest BCUT2D eigenvalue weighted by molar-refractivity contribution is 0.200. The molecule has 104 valence electrons. The van der Waals surface area contributed by atoms with E-state index in [-0.39, 0.29) is 18.4 Å². The van der Waals surface area contributed by atoms with Gasteiger partial charge in [0.2, 0.25) is 9.05 Å². The third-order valence-electron chi connectivity index (χ3n) is 2.30. The summed E-state index contributed by atoms with van der Waals surface area (Å²) in [5.74, 6) is 0.503. The van der Waals surface area contributed by atoms with Crippen LogP contribution in [0.2, 0.25) is 0 Å². The van der Waals surface area contributed by atoms with Gasteiger partial charge in [0.15, 0.2) is 5.75 Å². The molecule has 0 spiro atoms. The van der Waals surface area contributed by atoms with Gasteiger partial charge in [-0.15, -0.1) is 0 Å². The minimum absolute atomic E-state index is 0.125. The van der Waals surface area contributed by atoms with Crippen molar-refractivity contribution < 1.29 is 13.2 Å². The minimum atomic E-state index is -3.52. The van der Waals surface area contributed by atoms with Gasteiger partial charge in [-0.3, -0.25) is 4.68 Å². The average Bonchev–Trinajstić information content (AvgIpc) is 2.59. The Bertz CT molecular complexity index is 494. The molecule has 0 radical (unpaired) electrons. The van der Waals surface area contributed by atoms with Crippen molar-refractivity contribution in [1.82, 2.24) is 9.78 Å². The van der Waals surface area contributed by atoms with Gasteiger partial charge in [0.1, 0.15) is 0 Å². The lowest BCUT2D eigenvalue weighted by atomic mass is 9.98. The van der Waals surface area contributed by atoms with Crippen LogP contribution >= 0.6 is 10.7 Å². The van der Waals surface area contributed by atoms with Crippen LogP contribution in [0.25, 0.3) is 0 Å². The molecule has 0 saturated heterocycles. The Morgan fingerprint density at radius 3 is 2.56 bits per heavy atom. The maximum absolute atomic E-state index is 11.0. The van der Waals surface area contributed by atoms with E-state index in [1.165, 1.54) is 0 Å². The first-order valence-corrected chi connectivity index (χ1v) is 8.16. The zero-order valence-corrected chi connectivity index (χ0v) is 12.6. The summed E-state index contributed by atoms with van der Waals surface area (Å²) < 4.78 is 29.4. The molecule has 0 N–H and O–H groups in total. The highest BCUT2D eigenvalue weighted by atomic mass is 35.7. The predicted octanol–water partition coefficient (Wildman–Crippen LogP) is 2.44. The number of hydrogen-bond donors (Lipinski definition) is 0. The maximum atomic E-state index is 11.0. The minimum Gasteiger partial charge on any atom is -0.490 e. The molecule has 5 nitrogen and oxygen atoms in total. The van der Waals surface area contributed by atoms with Crippen molar-refractivity contribution in [3.8, 4) is 5.75 Å². The van der Waals surface area contributed by atoms with E-state index in [1.54, 1.807) is 30.9 Å². The van der Waals surface area contributed by atoms with Crippen molar-refractivity contribution in [2.45, 2.75) is 33.7 Å². The van der Waals surface area contributed by atoms with Crippen LogP contribution in [-0.2, 0) is 9.05 Å². The second-order valence-corrected chi connectivity index (χ2v) is 8.16. The molecular weight excluding hydrogens is 276 g/mol. The van der Waals surface area contributed by atoms with Crippen LogP contribution in [0.3, 0.4) is 0 Å². The van der Waals surface area contributed by atoms with Gasteiger partial charge in [-0.25, -0.2) is 8.42 Å². The zero-order valence-electron chi connectivity index (χ0n) is 11.1. The van der Waals surface area contributed by atoms with E-state index in [1.807, 2.05) is 13.8 Å². The van der Waals surface area contributed by atoms with Gasteiger partial charge in [0, 0.05) is 22.1 Å². The Morgan fingerprint density at radius 1 is 1.50 bits per heavy atom. The summed E-state index contributed by atoms with van der Waals surface area (Å²) in [6.07, 6.45) is 3.40. The molecule has 1 aromatic heterocycles. The predicted molar refractivity (Wildman–Crippen MR) is 71.5 cm³/mol. The van der Waals surface area contributed by atoms with Gasteiger partial charge in [-0.05, 0) is 13.8 Å². The van der Waals surface area contributed by atoms with Gasteiger partial charge in [-0.2, -0.15) is 5.10 Å². The summed E-state index contributed by atoms with van der Waals surface area (Å²) in [7, 11) is 1.72. The van der Waals surface area contributed by atoms with Crippen molar-refractivity contribution in [2.24, 2.45) is 5.41 Å². The first-order chi connectivity index (χ1) is 8.09. The molecule has 0 aliphatic rings. The Balaban J connectivity index is 2.58. The highest BCUT2D eigenvalue weighted by molar-refractivity contribution is 8.13. The van der Waals surface area contributed by atoms with Crippen LogP contribution < -0.4 is 4.74 Å². The molecule has 18 heavy (non-hydrogen) atoms. The van der Waals surface area contributed by atoms with Crippen LogP contribution in [0.15, 0.2) is 12.4 Å². The van der Waals surface area contributed by atoms with Crippen LogP contribution in [-0.4, -0.2) is 30.6 Å². The topological polar surface area (TPSA) is 61.2 Å². The van der Waals surface area contributed by atoms with E-state index in [4.69, 9.17) is 15.4 Å². The molecule has 0 aromatic carbocycles. The molecule has 0 bridgehead atoms. The average molecular weight is 295 g/mol. The normalized spacial score (nSPS) is 13.0. The van der Waals surface area contributed by atoms with Gasteiger partial charge >= 0.3 is 0 Å². The molecular formula is C11H19ClN2O3S. The molecule has 1 aromatic rings. The SMILES string of the molecule is CC(C)n1cc(OCC(C)(C)CS(=O)(=O)Cl)cn1. The van der Waals surface area contributed by atoms with E-state index >= 15 is 0 Å². The number of ether oxygens (including phenoxy) is 1. The summed E-state index contributed by atoms with van der Waals surface area (Å²) in [6.45, 7) is 7.88. The Hall–Kier alpha value is -0.750. The highest BCUT2D eigenvalue weighted by Gasteiger charge is 2.26. The maximum Gasteiger partial charge on any atom is 0.233 e. The number of rotatable bonds is 6. The van der Waals surface area contributed by atoms with Crippen LogP contribution in [0.4, 0.5) is 0 Å². The second kappa shape index (κ2) is 5.48. The van der Waals surface area contributed by atoms with E-state index in [2.05, 4.69) is 5.10 Å². The third kappa shape index (κ3) is 5.27. The van der Waals surface area contributed by atoms with E-state index < -0.39 is 14.5 Å². The Labute approximate surface area is 113 Å². The lowest BCUT2D eigenvalue weighted by Gasteiger charge is -2.22. The molecule has 0 atom stereocenters. The summed E-state index contributed by atoms with van der Waals surface area (Å²) >= 11 is 0. The summed E-state index contributed by atoms with van der Waals surface area (Å²) in [5, 5.41) is 4.14. The monoisotopic (exact) mass is 294 g/mol. The van der Waals surface area contributed by atoms with E-state index in [0.717, 1.165) is 0 Å². The number of hydrogen-bond acceptors (Lipinski definition) is 4. The van der Waals surface area contributed by atoms with Crippen molar-refractivity contribution in [1.29, 1.82) is 0 Å². The highest BCUT2D eigenvalue weighted by Crippen LogP contribution is 2.22. The Morgan fingerprint density at radius 2 is 2.11 bits per heavy atom. The van der Waals surface area contributed by atoms with Gasteiger partial charge in [0.05, 0.1) is 24.8 Å². The van der Waals surface area contributed by atoms with E-state index in [0.29, 0.717) is 5.75 Å². The molecule has 0 fully saturated rings.